The fourth-order valence-electron chi connectivity index (χ4n) is 2.28. The SMILES string of the molecule is CC(CC1CC1)n1nnnc1-c1ccc(N)c(F)c1. The van der Waals surface area contributed by atoms with Crippen LogP contribution < -0.4 is 5.73 Å². The van der Waals surface area contributed by atoms with E-state index in [0.29, 0.717) is 11.4 Å². The molecule has 2 aromatic rings. The van der Waals surface area contributed by atoms with E-state index in [-0.39, 0.29) is 11.7 Å². The predicted molar refractivity (Wildman–Crippen MR) is 69.7 cm³/mol. The minimum Gasteiger partial charge on any atom is -0.396 e. The highest BCUT2D eigenvalue weighted by molar-refractivity contribution is 5.59. The Balaban J connectivity index is 1.91. The summed E-state index contributed by atoms with van der Waals surface area (Å²) >= 11 is 0. The molecule has 1 aliphatic carbocycles. The van der Waals surface area contributed by atoms with Crippen molar-refractivity contribution in [3.05, 3.63) is 24.0 Å². The molecule has 1 unspecified atom stereocenters. The van der Waals surface area contributed by atoms with E-state index >= 15 is 0 Å². The first-order valence-electron chi connectivity index (χ1n) is 6.48. The molecule has 0 amide bonds. The molecule has 3 rings (SSSR count). The Morgan fingerprint density at radius 1 is 1.47 bits per heavy atom. The largest absolute Gasteiger partial charge is 0.396 e. The number of tetrazole rings is 1. The van der Waals surface area contributed by atoms with Crippen LogP contribution in [0.1, 0.15) is 32.2 Å². The van der Waals surface area contributed by atoms with Gasteiger partial charge in [0.15, 0.2) is 5.82 Å². The number of nitrogens with two attached hydrogens (primary N) is 1. The van der Waals surface area contributed by atoms with Gasteiger partial charge in [-0.1, -0.05) is 12.8 Å². The maximum absolute atomic E-state index is 13.5. The second kappa shape index (κ2) is 4.60. The van der Waals surface area contributed by atoms with Crippen molar-refractivity contribution in [3.63, 3.8) is 0 Å². The molecule has 100 valence electrons. The van der Waals surface area contributed by atoms with Crippen LogP contribution in [0.3, 0.4) is 0 Å². The fraction of sp³-hybridized carbons (Fsp3) is 0.462. The topological polar surface area (TPSA) is 69.6 Å². The summed E-state index contributed by atoms with van der Waals surface area (Å²) in [6, 6.07) is 4.87. The van der Waals surface area contributed by atoms with Crippen molar-refractivity contribution in [2.24, 2.45) is 5.92 Å². The van der Waals surface area contributed by atoms with Crippen LogP contribution in [0, 0.1) is 11.7 Å². The molecule has 2 N–H and O–H groups in total. The van der Waals surface area contributed by atoms with Gasteiger partial charge in [0.25, 0.3) is 0 Å². The summed E-state index contributed by atoms with van der Waals surface area (Å²) in [6.07, 6.45) is 3.64. The molecule has 1 saturated carbocycles. The molecule has 1 atom stereocenters. The van der Waals surface area contributed by atoms with Crippen molar-refractivity contribution in [3.8, 4) is 11.4 Å². The van der Waals surface area contributed by atoms with Gasteiger partial charge in [-0.15, -0.1) is 5.10 Å². The smallest absolute Gasteiger partial charge is 0.182 e. The first-order valence-corrected chi connectivity index (χ1v) is 6.48. The third-order valence-corrected chi connectivity index (χ3v) is 3.54. The van der Waals surface area contributed by atoms with E-state index < -0.39 is 5.82 Å². The van der Waals surface area contributed by atoms with E-state index in [1.165, 1.54) is 25.0 Å². The predicted octanol–water partition coefficient (Wildman–Crippen LogP) is 2.42. The molecule has 0 bridgehead atoms. The van der Waals surface area contributed by atoms with Crippen molar-refractivity contribution in [2.75, 3.05) is 5.73 Å². The molecule has 1 heterocycles. The first kappa shape index (κ1) is 12.1. The highest BCUT2D eigenvalue weighted by Crippen LogP contribution is 2.37. The summed E-state index contributed by atoms with van der Waals surface area (Å²) < 4.78 is 15.3. The van der Waals surface area contributed by atoms with Gasteiger partial charge in [0.2, 0.25) is 0 Å². The molecule has 1 aliphatic rings. The van der Waals surface area contributed by atoms with Gasteiger partial charge in [-0.05, 0) is 47.9 Å². The van der Waals surface area contributed by atoms with Crippen molar-refractivity contribution >= 4 is 5.69 Å². The Kier molecular flexibility index (Phi) is 2.93. The molecule has 1 aromatic heterocycles. The zero-order chi connectivity index (χ0) is 13.4. The second-order valence-electron chi connectivity index (χ2n) is 5.21. The molecule has 0 aliphatic heterocycles. The normalized spacial score (nSPS) is 16.5. The summed E-state index contributed by atoms with van der Waals surface area (Å²) in [4.78, 5) is 0. The Morgan fingerprint density at radius 2 is 2.26 bits per heavy atom. The lowest BCUT2D eigenvalue weighted by molar-refractivity contribution is 0.430. The van der Waals surface area contributed by atoms with Crippen LogP contribution in [-0.2, 0) is 0 Å². The maximum atomic E-state index is 13.5. The molecular formula is C13H16FN5. The van der Waals surface area contributed by atoms with Gasteiger partial charge < -0.3 is 5.73 Å². The van der Waals surface area contributed by atoms with Gasteiger partial charge in [0.05, 0.1) is 11.7 Å². The number of benzene rings is 1. The highest BCUT2D eigenvalue weighted by Gasteiger charge is 2.26. The molecular weight excluding hydrogens is 245 g/mol. The zero-order valence-electron chi connectivity index (χ0n) is 10.8. The number of hydrogen-bond acceptors (Lipinski definition) is 4. The molecule has 0 spiro atoms. The lowest BCUT2D eigenvalue weighted by atomic mass is 10.1. The number of hydrogen-bond donors (Lipinski definition) is 1. The number of halogens is 1. The van der Waals surface area contributed by atoms with Gasteiger partial charge >= 0.3 is 0 Å². The van der Waals surface area contributed by atoms with Crippen molar-refractivity contribution in [1.29, 1.82) is 0 Å². The van der Waals surface area contributed by atoms with Crippen molar-refractivity contribution in [1.82, 2.24) is 20.2 Å². The summed E-state index contributed by atoms with van der Waals surface area (Å²) in [7, 11) is 0. The van der Waals surface area contributed by atoms with Crippen molar-refractivity contribution in [2.45, 2.75) is 32.2 Å². The lowest BCUT2D eigenvalue weighted by Gasteiger charge is -2.13. The summed E-state index contributed by atoms with van der Waals surface area (Å²) in [6.45, 7) is 2.09. The second-order valence-corrected chi connectivity index (χ2v) is 5.21. The number of nitrogens with zero attached hydrogens (tertiary/aromatic N) is 4. The van der Waals surface area contributed by atoms with Gasteiger partial charge in [0, 0.05) is 5.56 Å². The van der Waals surface area contributed by atoms with Crippen LogP contribution >= 0.6 is 0 Å². The minimum atomic E-state index is -0.443. The van der Waals surface area contributed by atoms with Gasteiger partial charge in [-0.3, -0.25) is 0 Å². The molecule has 0 radical (unpaired) electrons. The zero-order valence-corrected chi connectivity index (χ0v) is 10.8. The van der Waals surface area contributed by atoms with Crippen LogP contribution in [-0.4, -0.2) is 20.2 Å². The Hall–Kier alpha value is -1.98. The first-order chi connectivity index (χ1) is 9.15. The van der Waals surface area contributed by atoms with E-state index in [2.05, 4.69) is 22.4 Å². The molecule has 1 aromatic carbocycles. The highest BCUT2D eigenvalue weighted by atomic mass is 19.1. The van der Waals surface area contributed by atoms with Crippen LogP contribution in [0.4, 0.5) is 10.1 Å². The summed E-state index contributed by atoms with van der Waals surface area (Å²) in [5, 5.41) is 11.7. The van der Waals surface area contributed by atoms with Crippen LogP contribution in [0.25, 0.3) is 11.4 Å². The molecule has 5 nitrogen and oxygen atoms in total. The van der Waals surface area contributed by atoms with Gasteiger partial charge in [-0.25, -0.2) is 9.07 Å². The van der Waals surface area contributed by atoms with E-state index in [9.17, 15) is 4.39 Å². The quantitative estimate of drug-likeness (QED) is 0.858. The summed E-state index contributed by atoms with van der Waals surface area (Å²) in [5.74, 6) is 0.934. The number of anilines is 1. The Bertz CT molecular complexity index is 590. The van der Waals surface area contributed by atoms with E-state index in [4.69, 9.17) is 5.73 Å². The monoisotopic (exact) mass is 261 g/mol. The number of nitrogen functional groups attached to an aromatic ring is 1. The van der Waals surface area contributed by atoms with Crippen LogP contribution in [0.15, 0.2) is 18.2 Å². The van der Waals surface area contributed by atoms with Crippen molar-refractivity contribution < 1.29 is 4.39 Å². The average Bonchev–Trinajstić information content (AvgIpc) is 3.06. The third kappa shape index (κ3) is 2.43. The molecule has 6 heteroatoms. The fourth-order valence-corrected chi connectivity index (χ4v) is 2.28. The number of aromatic nitrogens is 4. The van der Waals surface area contributed by atoms with Crippen LogP contribution in [0.2, 0.25) is 0 Å². The van der Waals surface area contributed by atoms with E-state index in [0.717, 1.165) is 12.3 Å². The Morgan fingerprint density at radius 3 is 2.95 bits per heavy atom. The van der Waals surface area contributed by atoms with Gasteiger partial charge in [0.1, 0.15) is 5.82 Å². The lowest BCUT2D eigenvalue weighted by Crippen LogP contribution is -2.10. The average molecular weight is 261 g/mol. The summed E-state index contributed by atoms with van der Waals surface area (Å²) in [5.41, 5.74) is 6.27. The van der Waals surface area contributed by atoms with Gasteiger partial charge in [-0.2, -0.15) is 0 Å². The molecule has 0 saturated heterocycles. The Labute approximate surface area is 110 Å². The standard InChI is InChI=1S/C13H16FN5/c1-8(6-9-2-3-9)19-13(16-17-18-19)10-4-5-12(15)11(14)7-10/h4-5,7-9H,2-3,6,15H2,1H3. The maximum Gasteiger partial charge on any atom is 0.182 e. The molecule has 19 heavy (non-hydrogen) atoms. The number of rotatable bonds is 4. The molecule has 1 fully saturated rings. The van der Waals surface area contributed by atoms with E-state index in [1.54, 1.807) is 10.7 Å². The minimum absolute atomic E-state index is 0.133. The van der Waals surface area contributed by atoms with Crippen LogP contribution in [0.5, 0.6) is 0 Å². The van der Waals surface area contributed by atoms with E-state index in [1.807, 2.05) is 0 Å². The third-order valence-electron chi connectivity index (χ3n) is 3.54.